The van der Waals surface area contributed by atoms with Gasteiger partial charge >= 0.3 is 0 Å². The lowest BCUT2D eigenvalue weighted by Crippen LogP contribution is -2.23. The van der Waals surface area contributed by atoms with Crippen molar-refractivity contribution in [3.05, 3.63) is 35.4 Å². The van der Waals surface area contributed by atoms with E-state index in [2.05, 4.69) is 0 Å². The number of hydrogen-bond donors (Lipinski definition) is 0. The lowest BCUT2D eigenvalue weighted by Gasteiger charge is -2.10. The maximum absolute atomic E-state index is 12.1. The van der Waals surface area contributed by atoms with Crippen LogP contribution in [-0.4, -0.2) is 20.0 Å². The van der Waals surface area contributed by atoms with Crippen LogP contribution in [0.15, 0.2) is 24.3 Å². The minimum Gasteiger partial charge on any atom is -0.298 e. The fourth-order valence-corrected chi connectivity index (χ4v) is 4.21. The van der Waals surface area contributed by atoms with Gasteiger partial charge in [-0.05, 0) is 30.9 Å². The number of Topliss-reactive ketones (excluding diaryl/α,β-unsaturated/α-hetero) is 1. The Labute approximate surface area is 114 Å². The molecular weight excluding hydrogens is 260 g/mol. The molecule has 0 N–H and O–H groups in total. The van der Waals surface area contributed by atoms with Crippen LogP contribution in [0.3, 0.4) is 0 Å². The van der Waals surface area contributed by atoms with E-state index >= 15 is 0 Å². The van der Waals surface area contributed by atoms with Gasteiger partial charge in [-0.15, -0.1) is 0 Å². The van der Waals surface area contributed by atoms with Crippen molar-refractivity contribution >= 4 is 15.6 Å². The maximum Gasteiger partial charge on any atom is 0.161 e. The molecule has 0 unspecified atom stereocenters. The molecule has 19 heavy (non-hydrogen) atoms. The van der Waals surface area contributed by atoms with E-state index in [4.69, 9.17) is 0 Å². The number of rotatable bonds is 5. The van der Waals surface area contributed by atoms with Gasteiger partial charge in [0.2, 0.25) is 0 Å². The zero-order chi connectivity index (χ0) is 13.9. The molecule has 2 rings (SSSR count). The van der Waals surface area contributed by atoms with Crippen molar-refractivity contribution in [1.82, 2.24) is 0 Å². The van der Waals surface area contributed by atoms with Crippen LogP contribution in [0, 0.1) is 12.8 Å². The second-order valence-electron chi connectivity index (χ2n) is 5.41. The predicted molar refractivity (Wildman–Crippen MR) is 75.6 cm³/mol. The summed E-state index contributed by atoms with van der Waals surface area (Å²) in [4.78, 5) is 12.0. The van der Waals surface area contributed by atoms with Crippen LogP contribution in [0.25, 0.3) is 0 Å². The van der Waals surface area contributed by atoms with E-state index < -0.39 is 9.84 Å². The van der Waals surface area contributed by atoms with Crippen LogP contribution in [-0.2, 0) is 20.4 Å². The highest BCUT2D eigenvalue weighted by atomic mass is 32.2. The molecule has 0 aromatic heterocycles. The van der Waals surface area contributed by atoms with E-state index in [0.717, 1.165) is 36.8 Å². The SMILES string of the molecule is Cc1ccccc1CS(=O)(=O)CC(=O)C1CCCC1. The molecule has 0 bridgehead atoms. The van der Waals surface area contributed by atoms with Crippen LogP contribution in [0.4, 0.5) is 0 Å². The lowest BCUT2D eigenvalue weighted by molar-refractivity contribution is -0.120. The standard InChI is InChI=1S/C15H20O3S/c1-12-6-2-3-9-14(12)10-19(17,18)11-15(16)13-7-4-5-8-13/h2-3,6,9,13H,4-5,7-8,10-11H2,1H3. The summed E-state index contributed by atoms with van der Waals surface area (Å²) in [5, 5.41) is 0. The molecule has 0 amide bonds. The molecule has 1 aliphatic rings. The van der Waals surface area contributed by atoms with Gasteiger partial charge in [-0.2, -0.15) is 0 Å². The van der Waals surface area contributed by atoms with Gasteiger partial charge in [0.1, 0.15) is 5.75 Å². The van der Waals surface area contributed by atoms with Gasteiger partial charge in [-0.25, -0.2) is 8.42 Å². The maximum atomic E-state index is 12.1. The monoisotopic (exact) mass is 280 g/mol. The van der Waals surface area contributed by atoms with Gasteiger partial charge in [0.05, 0.1) is 5.75 Å². The molecule has 1 saturated carbocycles. The lowest BCUT2D eigenvalue weighted by atomic mass is 10.0. The Kier molecular flexibility index (Phi) is 4.40. The summed E-state index contributed by atoms with van der Waals surface area (Å²) in [7, 11) is -3.34. The topological polar surface area (TPSA) is 51.2 Å². The molecule has 0 atom stereocenters. The van der Waals surface area contributed by atoms with Gasteiger partial charge in [-0.3, -0.25) is 4.79 Å². The summed E-state index contributed by atoms with van der Waals surface area (Å²) in [5.74, 6) is -0.442. The third-order valence-corrected chi connectivity index (χ3v) is 5.28. The number of hydrogen-bond acceptors (Lipinski definition) is 3. The highest BCUT2D eigenvalue weighted by molar-refractivity contribution is 7.91. The number of benzene rings is 1. The fraction of sp³-hybridized carbons (Fsp3) is 0.533. The van der Waals surface area contributed by atoms with E-state index in [1.54, 1.807) is 0 Å². The van der Waals surface area contributed by atoms with Crippen molar-refractivity contribution in [2.75, 3.05) is 5.75 Å². The van der Waals surface area contributed by atoms with Crippen molar-refractivity contribution in [1.29, 1.82) is 0 Å². The van der Waals surface area contributed by atoms with Crippen LogP contribution in [0.5, 0.6) is 0 Å². The molecule has 0 spiro atoms. The van der Waals surface area contributed by atoms with E-state index in [-0.39, 0.29) is 23.2 Å². The third kappa shape index (κ3) is 3.90. The number of carbonyl (C=O) groups excluding carboxylic acids is 1. The largest absolute Gasteiger partial charge is 0.298 e. The van der Waals surface area contributed by atoms with E-state index in [9.17, 15) is 13.2 Å². The van der Waals surface area contributed by atoms with Gasteiger partial charge < -0.3 is 0 Å². The number of aryl methyl sites for hydroxylation is 1. The first-order chi connectivity index (χ1) is 8.98. The van der Waals surface area contributed by atoms with Crippen molar-refractivity contribution in [2.45, 2.75) is 38.4 Å². The highest BCUT2D eigenvalue weighted by Gasteiger charge is 2.27. The van der Waals surface area contributed by atoms with E-state index in [1.807, 2.05) is 31.2 Å². The summed E-state index contributed by atoms with van der Waals surface area (Å²) >= 11 is 0. The molecule has 0 heterocycles. The quantitative estimate of drug-likeness (QED) is 0.833. The molecule has 4 heteroatoms. The highest BCUT2D eigenvalue weighted by Crippen LogP contribution is 2.26. The zero-order valence-electron chi connectivity index (χ0n) is 11.3. The molecule has 0 aliphatic heterocycles. The Balaban J connectivity index is 2.02. The van der Waals surface area contributed by atoms with Crippen LogP contribution in [0.2, 0.25) is 0 Å². The van der Waals surface area contributed by atoms with Crippen molar-refractivity contribution < 1.29 is 13.2 Å². The first-order valence-electron chi connectivity index (χ1n) is 6.75. The van der Waals surface area contributed by atoms with Crippen LogP contribution in [0.1, 0.15) is 36.8 Å². The number of carbonyl (C=O) groups is 1. The van der Waals surface area contributed by atoms with Crippen LogP contribution < -0.4 is 0 Å². The number of sulfone groups is 1. The predicted octanol–water partition coefficient (Wildman–Crippen LogP) is 2.67. The molecular formula is C15H20O3S. The average Bonchev–Trinajstić information content (AvgIpc) is 2.85. The van der Waals surface area contributed by atoms with Gasteiger partial charge in [0.25, 0.3) is 0 Å². The molecule has 1 fully saturated rings. The number of ketones is 1. The van der Waals surface area contributed by atoms with Crippen LogP contribution >= 0.6 is 0 Å². The summed E-state index contributed by atoms with van der Waals surface area (Å²) in [6.07, 6.45) is 3.82. The Bertz CT molecular complexity index is 555. The van der Waals surface area contributed by atoms with Crippen molar-refractivity contribution in [2.24, 2.45) is 5.92 Å². The molecule has 3 nitrogen and oxygen atoms in total. The summed E-state index contributed by atoms with van der Waals surface area (Å²) < 4.78 is 24.2. The van der Waals surface area contributed by atoms with E-state index in [0.29, 0.717) is 0 Å². The molecule has 1 aromatic carbocycles. The van der Waals surface area contributed by atoms with Gasteiger partial charge in [-0.1, -0.05) is 37.1 Å². The average molecular weight is 280 g/mol. The van der Waals surface area contributed by atoms with Gasteiger partial charge in [0.15, 0.2) is 15.6 Å². The second-order valence-corrected chi connectivity index (χ2v) is 7.47. The Morgan fingerprint density at radius 2 is 1.84 bits per heavy atom. The van der Waals surface area contributed by atoms with Gasteiger partial charge in [0, 0.05) is 5.92 Å². The third-order valence-electron chi connectivity index (χ3n) is 3.81. The second kappa shape index (κ2) is 5.87. The summed E-state index contributed by atoms with van der Waals surface area (Å²) in [6, 6.07) is 7.42. The summed E-state index contributed by atoms with van der Waals surface area (Å²) in [6.45, 7) is 1.89. The smallest absolute Gasteiger partial charge is 0.161 e. The van der Waals surface area contributed by atoms with E-state index in [1.165, 1.54) is 0 Å². The minimum absolute atomic E-state index is 0.0216. The Morgan fingerprint density at radius 1 is 1.21 bits per heavy atom. The zero-order valence-corrected chi connectivity index (χ0v) is 12.1. The summed E-state index contributed by atoms with van der Waals surface area (Å²) in [5.41, 5.74) is 1.75. The normalized spacial score (nSPS) is 16.7. The first kappa shape index (κ1) is 14.3. The fourth-order valence-electron chi connectivity index (χ4n) is 2.64. The van der Waals surface area contributed by atoms with Crippen molar-refractivity contribution in [3.8, 4) is 0 Å². The Morgan fingerprint density at radius 3 is 2.47 bits per heavy atom. The molecule has 104 valence electrons. The Hall–Kier alpha value is -1.16. The van der Waals surface area contributed by atoms with Crippen molar-refractivity contribution in [3.63, 3.8) is 0 Å². The minimum atomic E-state index is -3.34. The molecule has 1 aromatic rings. The molecule has 0 radical (unpaired) electrons. The molecule has 0 saturated heterocycles. The molecule has 1 aliphatic carbocycles. The first-order valence-corrected chi connectivity index (χ1v) is 8.58.